The van der Waals surface area contributed by atoms with Crippen molar-refractivity contribution in [2.24, 2.45) is 5.41 Å². The number of nitrogens with one attached hydrogen (secondary N) is 1. The Labute approximate surface area is 132 Å². The summed E-state index contributed by atoms with van der Waals surface area (Å²) in [6.07, 6.45) is 2.04. The largest absolute Gasteiger partial charge is 0.435 e. The third-order valence-corrected chi connectivity index (χ3v) is 3.62. The number of halogens is 3. The molecule has 1 N–H and O–H groups in total. The fraction of sp³-hybridized carbons (Fsp3) is 0.533. The molecule has 6 heteroatoms. The number of amides is 1. The average molecular weight is 364 g/mol. The van der Waals surface area contributed by atoms with E-state index in [1.54, 1.807) is 0 Å². The SMILES string of the molecule is CC(C)(CCCBr)CNC(=O)c1ccc(OC(F)F)cc1. The molecular weight excluding hydrogens is 344 g/mol. The summed E-state index contributed by atoms with van der Waals surface area (Å²) in [7, 11) is 0. The number of carbonyl (C=O) groups excluding carboxylic acids is 1. The highest BCUT2D eigenvalue weighted by Gasteiger charge is 2.18. The van der Waals surface area contributed by atoms with Gasteiger partial charge in [-0.05, 0) is 42.5 Å². The lowest BCUT2D eigenvalue weighted by atomic mass is 9.88. The van der Waals surface area contributed by atoms with Crippen LogP contribution in [0.1, 0.15) is 37.0 Å². The van der Waals surface area contributed by atoms with E-state index in [0.717, 1.165) is 18.2 Å². The van der Waals surface area contributed by atoms with Crippen LogP contribution in [0.5, 0.6) is 5.75 Å². The van der Waals surface area contributed by atoms with Gasteiger partial charge in [0.25, 0.3) is 5.91 Å². The van der Waals surface area contributed by atoms with Crippen LogP contribution in [-0.4, -0.2) is 24.4 Å². The Balaban J connectivity index is 2.52. The van der Waals surface area contributed by atoms with E-state index in [9.17, 15) is 13.6 Å². The summed E-state index contributed by atoms with van der Waals surface area (Å²) in [4.78, 5) is 12.0. The van der Waals surface area contributed by atoms with Crippen LogP contribution in [0.25, 0.3) is 0 Å². The summed E-state index contributed by atoms with van der Waals surface area (Å²) >= 11 is 3.39. The van der Waals surface area contributed by atoms with E-state index < -0.39 is 6.61 Å². The van der Waals surface area contributed by atoms with Gasteiger partial charge in [0.2, 0.25) is 0 Å². The maximum Gasteiger partial charge on any atom is 0.387 e. The van der Waals surface area contributed by atoms with E-state index >= 15 is 0 Å². The summed E-state index contributed by atoms with van der Waals surface area (Å²) in [5, 5.41) is 3.81. The van der Waals surface area contributed by atoms with Gasteiger partial charge >= 0.3 is 6.61 Å². The quantitative estimate of drug-likeness (QED) is 0.702. The van der Waals surface area contributed by atoms with Gasteiger partial charge in [-0.1, -0.05) is 29.8 Å². The molecule has 3 nitrogen and oxygen atoms in total. The Kier molecular flexibility index (Phi) is 7.08. The summed E-state index contributed by atoms with van der Waals surface area (Å²) in [6.45, 7) is 1.89. The van der Waals surface area contributed by atoms with Gasteiger partial charge in [0.05, 0.1) is 0 Å². The first kappa shape index (κ1) is 17.9. The van der Waals surface area contributed by atoms with Crippen LogP contribution in [0.15, 0.2) is 24.3 Å². The van der Waals surface area contributed by atoms with Crippen LogP contribution in [0, 0.1) is 5.41 Å². The lowest BCUT2D eigenvalue weighted by Gasteiger charge is -2.24. The Hall–Kier alpha value is -1.17. The zero-order valence-corrected chi connectivity index (χ0v) is 13.8. The molecule has 0 heterocycles. The van der Waals surface area contributed by atoms with Crippen molar-refractivity contribution in [2.45, 2.75) is 33.3 Å². The number of ether oxygens (including phenoxy) is 1. The first-order valence-corrected chi connectivity index (χ1v) is 7.85. The van der Waals surface area contributed by atoms with Crippen LogP contribution < -0.4 is 10.1 Å². The zero-order chi connectivity index (χ0) is 15.9. The Morgan fingerprint density at radius 3 is 2.48 bits per heavy atom. The molecule has 0 aromatic heterocycles. The van der Waals surface area contributed by atoms with Gasteiger partial charge in [-0.25, -0.2) is 0 Å². The van der Waals surface area contributed by atoms with Crippen molar-refractivity contribution in [1.29, 1.82) is 0 Å². The second-order valence-corrected chi connectivity index (χ2v) is 6.34. The average Bonchev–Trinajstić information content (AvgIpc) is 2.43. The molecule has 0 spiro atoms. The molecule has 21 heavy (non-hydrogen) atoms. The number of carbonyl (C=O) groups is 1. The van der Waals surface area contributed by atoms with Crippen LogP contribution >= 0.6 is 15.9 Å². The maximum absolute atomic E-state index is 12.0. The zero-order valence-electron chi connectivity index (χ0n) is 12.2. The fourth-order valence-electron chi connectivity index (χ4n) is 1.84. The molecule has 1 aromatic rings. The molecule has 0 radical (unpaired) electrons. The topological polar surface area (TPSA) is 38.3 Å². The van der Waals surface area contributed by atoms with Crippen LogP contribution in [0.2, 0.25) is 0 Å². The summed E-state index contributed by atoms with van der Waals surface area (Å²) in [6, 6.07) is 5.66. The molecular formula is C15H20BrF2NO2. The van der Waals surface area contributed by atoms with Crippen molar-refractivity contribution in [3.8, 4) is 5.75 Å². The van der Waals surface area contributed by atoms with Gasteiger partial charge in [-0.15, -0.1) is 0 Å². The number of alkyl halides is 3. The van der Waals surface area contributed by atoms with Gasteiger partial charge in [-0.2, -0.15) is 8.78 Å². The minimum absolute atomic E-state index is 0.0160. The molecule has 0 unspecified atom stereocenters. The van der Waals surface area contributed by atoms with E-state index in [2.05, 4.69) is 39.8 Å². The standard InChI is InChI=1S/C15H20BrF2NO2/c1-15(2,8-3-9-16)10-19-13(20)11-4-6-12(7-5-11)21-14(17)18/h4-7,14H,3,8-10H2,1-2H3,(H,19,20). The fourth-order valence-corrected chi connectivity index (χ4v) is 2.12. The van der Waals surface area contributed by atoms with Crippen LogP contribution in [0.3, 0.4) is 0 Å². The highest BCUT2D eigenvalue weighted by molar-refractivity contribution is 9.09. The Bertz CT molecular complexity index is 449. The predicted molar refractivity (Wildman–Crippen MR) is 82.2 cm³/mol. The van der Waals surface area contributed by atoms with E-state index in [1.807, 2.05) is 0 Å². The Morgan fingerprint density at radius 2 is 1.95 bits per heavy atom. The van der Waals surface area contributed by atoms with Crippen LogP contribution in [-0.2, 0) is 0 Å². The van der Waals surface area contributed by atoms with Gasteiger partial charge in [0.1, 0.15) is 5.75 Å². The number of rotatable bonds is 8. The van der Waals surface area contributed by atoms with E-state index in [1.165, 1.54) is 24.3 Å². The number of hydrogen-bond donors (Lipinski definition) is 1. The minimum atomic E-state index is -2.86. The van der Waals surface area contributed by atoms with Gasteiger partial charge in [0, 0.05) is 17.4 Å². The molecule has 0 aliphatic rings. The summed E-state index contributed by atoms with van der Waals surface area (Å²) < 4.78 is 28.3. The summed E-state index contributed by atoms with van der Waals surface area (Å²) in [5.41, 5.74) is 0.440. The highest BCUT2D eigenvalue weighted by atomic mass is 79.9. The molecule has 0 bridgehead atoms. The van der Waals surface area contributed by atoms with Crippen molar-refractivity contribution < 1.29 is 18.3 Å². The third-order valence-electron chi connectivity index (χ3n) is 3.06. The first-order valence-electron chi connectivity index (χ1n) is 6.73. The van der Waals surface area contributed by atoms with E-state index in [0.29, 0.717) is 12.1 Å². The van der Waals surface area contributed by atoms with Crippen molar-refractivity contribution in [3.05, 3.63) is 29.8 Å². The normalized spacial score (nSPS) is 11.5. The van der Waals surface area contributed by atoms with Crippen molar-refractivity contribution in [2.75, 3.05) is 11.9 Å². The number of benzene rings is 1. The molecule has 1 rings (SSSR count). The minimum Gasteiger partial charge on any atom is -0.435 e. The first-order chi connectivity index (χ1) is 9.84. The molecule has 0 saturated heterocycles. The summed E-state index contributed by atoms with van der Waals surface area (Å²) in [5.74, 6) is -0.176. The second kappa shape index (κ2) is 8.32. The van der Waals surface area contributed by atoms with E-state index in [-0.39, 0.29) is 17.1 Å². The lowest BCUT2D eigenvalue weighted by molar-refractivity contribution is -0.0498. The molecule has 1 aromatic carbocycles. The van der Waals surface area contributed by atoms with Gasteiger partial charge in [-0.3, -0.25) is 4.79 Å². The third kappa shape index (κ3) is 6.89. The van der Waals surface area contributed by atoms with E-state index in [4.69, 9.17) is 0 Å². The molecule has 118 valence electrons. The molecule has 1 amide bonds. The monoisotopic (exact) mass is 363 g/mol. The predicted octanol–water partition coefficient (Wildman–Crippen LogP) is 4.22. The molecule has 0 aliphatic heterocycles. The van der Waals surface area contributed by atoms with Crippen molar-refractivity contribution in [3.63, 3.8) is 0 Å². The highest BCUT2D eigenvalue weighted by Crippen LogP contribution is 2.22. The molecule has 0 saturated carbocycles. The van der Waals surface area contributed by atoms with Gasteiger partial charge < -0.3 is 10.1 Å². The van der Waals surface area contributed by atoms with Gasteiger partial charge in [0.15, 0.2) is 0 Å². The second-order valence-electron chi connectivity index (χ2n) is 5.54. The van der Waals surface area contributed by atoms with Crippen molar-refractivity contribution >= 4 is 21.8 Å². The molecule has 0 aliphatic carbocycles. The Morgan fingerprint density at radius 1 is 1.33 bits per heavy atom. The number of hydrogen-bond acceptors (Lipinski definition) is 2. The smallest absolute Gasteiger partial charge is 0.387 e. The lowest BCUT2D eigenvalue weighted by Crippen LogP contribution is -2.34. The van der Waals surface area contributed by atoms with Crippen molar-refractivity contribution in [1.82, 2.24) is 5.32 Å². The molecule has 0 atom stereocenters. The van der Waals surface area contributed by atoms with Crippen LogP contribution in [0.4, 0.5) is 8.78 Å². The maximum atomic E-state index is 12.0. The molecule has 0 fully saturated rings.